The highest BCUT2D eigenvalue weighted by atomic mass is 31.1. The summed E-state index contributed by atoms with van der Waals surface area (Å²) in [4.78, 5) is 4.31. The van der Waals surface area contributed by atoms with Crippen LogP contribution in [0.4, 0.5) is 5.82 Å². The van der Waals surface area contributed by atoms with Crippen molar-refractivity contribution in [2.75, 3.05) is 5.32 Å². The Morgan fingerprint density at radius 1 is 1.14 bits per heavy atom. The normalized spacial score (nSPS) is 10.8. The van der Waals surface area contributed by atoms with Crippen molar-refractivity contribution in [3.63, 3.8) is 0 Å². The lowest BCUT2D eigenvalue weighted by atomic mass is 10.2. The van der Waals surface area contributed by atoms with Crippen molar-refractivity contribution in [3.8, 4) is 0 Å². The Hall–Kier alpha value is -0.710. The van der Waals surface area contributed by atoms with Gasteiger partial charge in [-0.05, 0) is 11.5 Å². The largest absolute Gasteiger partial charge is 0.360 e. The average molecular weight is 222 g/mol. The molecule has 0 saturated heterocycles. The zero-order valence-corrected chi connectivity index (χ0v) is 9.95. The minimum Gasteiger partial charge on any atom is -0.360 e. The van der Waals surface area contributed by atoms with Crippen molar-refractivity contribution in [2.24, 2.45) is 0 Å². The number of pyridine rings is 1. The van der Waals surface area contributed by atoms with Crippen molar-refractivity contribution in [3.05, 3.63) is 36.5 Å². The van der Waals surface area contributed by atoms with Gasteiger partial charge < -0.3 is 5.32 Å². The highest BCUT2D eigenvalue weighted by Crippen LogP contribution is 2.23. The molecule has 0 fully saturated rings. The van der Waals surface area contributed by atoms with Crippen LogP contribution >= 0.6 is 18.5 Å². The monoisotopic (exact) mass is 222 g/mol. The summed E-state index contributed by atoms with van der Waals surface area (Å²) in [5, 5.41) is 5.63. The minimum absolute atomic E-state index is 0.244. The molecule has 2 aromatic rings. The van der Waals surface area contributed by atoms with Gasteiger partial charge in [-0.25, -0.2) is 4.98 Å². The Labute approximate surface area is 87.9 Å². The Morgan fingerprint density at radius 2 is 1.93 bits per heavy atom. The van der Waals surface area contributed by atoms with Crippen LogP contribution in [0.3, 0.4) is 0 Å². The second kappa shape index (κ2) is 4.21. The first-order valence-corrected chi connectivity index (χ1v) is 5.72. The van der Waals surface area contributed by atoms with E-state index in [9.17, 15) is 0 Å². The lowest BCUT2D eigenvalue weighted by Crippen LogP contribution is -2.04. The fraction of sp³-hybridized carbons (Fsp3) is 0.100. The van der Waals surface area contributed by atoms with E-state index in [1.54, 1.807) is 0 Å². The van der Waals surface area contributed by atoms with E-state index in [2.05, 4.69) is 40.9 Å². The highest BCUT2D eigenvalue weighted by molar-refractivity contribution is 7.38. The molecule has 2 rings (SSSR count). The van der Waals surface area contributed by atoms with Gasteiger partial charge in [0.1, 0.15) is 5.82 Å². The van der Waals surface area contributed by atoms with E-state index >= 15 is 0 Å². The Kier molecular flexibility index (Phi) is 2.96. The molecule has 0 aliphatic carbocycles. The third-order valence-corrected chi connectivity index (χ3v) is 2.31. The molecule has 0 amide bonds. The van der Waals surface area contributed by atoms with Crippen LogP contribution in [0.1, 0.15) is 0 Å². The maximum Gasteiger partial charge on any atom is 0.134 e. The first-order valence-electron chi connectivity index (χ1n) is 4.39. The third kappa shape index (κ3) is 2.03. The SMILES string of the molecule is PC(P)Nc1nccc2ccccc12. The van der Waals surface area contributed by atoms with E-state index in [1.165, 1.54) is 5.39 Å². The van der Waals surface area contributed by atoms with Gasteiger partial charge in [-0.3, -0.25) is 0 Å². The molecule has 0 radical (unpaired) electrons. The van der Waals surface area contributed by atoms with Crippen molar-refractivity contribution in [1.29, 1.82) is 0 Å². The van der Waals surface area contributed by atoms with Crippen LogP contribution in [0.25, 0.3) is 10.8 Å². The van der Waals surface area contributed by atoms with E-state index in [0.29, 0.717) is 0 Å². The van der Waals surface area contributed by atoms with Crippen LogP contribution in [0.2, 0.25) is 0 Å². The Morgan fingerprint density at radius 3 is 2.71 bits per heavy atom. The van der Waals surface area contributed by atoms with Gasteiger partial charge in [-0.15, -0.1) is 18.5 Å². The Balaban J connectivity index is 2.53. The van der Waals surface area contributed by atoms with Gasteiger partial charge in [0.25, 0.3) is 0 Å². The number of aromatic nitrogens is 1. The van der Waals surface area contributed by atoms with Crippen molar-refractivity contribution < 1.29 is 0 Å². The van der Waals surface area contributed by atoms with Crippen LogP contribution in [-0.4, -0.2) is 10.5 Å². The number of nitrogens with zero attached hydrogens (tertiary/aromatic N) is 1. The number of benzene rings is 1. The van der Waals surface area contributed by atoms with Gasteiger partial charge in [0.05, 0.1) is 5.52 Å². The lowest BCUT2D eigenvalue weighted by molar-refractivity contribution is 1.27. The predicted molar refractivity (Wildman–Crippen MR) is 68.6 cm³/mol. The summed E-state index contributed by atoms with van der Waals surface area (Å²) in [6, 6.07) is 10.2. The molecule has 2 unspecified atom stereocenters. The summed E-state index contributed by atoms with van der Waals surface area (Å²) in [5.41, 5.74) is 0.244. The van der Waals surface area contributed by atoms with Crippen LogP contribution in [-0.2, 0) is 0 Å². The fourth-order valence-corrected chi connectivity index (χ4v) is 1.71. The number of anilines is 1. The summed E-state index contributed by atoms with van der Waals surface area (Å²) in [5.74, 6) is 0.929. The molecule has 1 N–H and O–H groups in total. The van der Waals surface area contributed by atoms with Crippen LogP contribution in [0.5, 0.6) is 0 Å². The quantitative estimate of drug-likeness (QED) is 0.790. The van der Waals surface area contributed by atoms with Gasteiger partial charge >= 0.3 is 0 Å². The van der Waals surface area contributed by atoms with Gasteiger partial charge in [-0.2, -0.15) is 0 Å². The topological polar surface area (TPSA) is 24.9 Å². The Bertz CT molecular complexity index is 438. The second-order valence-corrected chi connectivity index (χ2v) is 5.26. The lowest BCUT2D eigenvalue weighted by Gasteiger charge is -2.10. The first kappa shape index (κ1) is 9.83. The maximum atomic E-state index is 4.31. The average Bonchev–Trinajstić information content (AvgIpc) is 2.18. The van der Waals surface area contributed by atoms with Crippen LogP contribution in [0, 0.1) is 0 Å². The molecule has 1 aromatic heterocycles. The van der Waals surface area contributed by atoms with Gasteiger partial charge in [0, 0.05) is 11.6 Å². The molecular formula is C10H12N2P2. The smallest absolute Gasteiger partial charge is 0.134 e. The fourth-order valence-electron chi connectivity index (χ4n) is 1.39. The van der Waals surface area contributed by atoms with Crippen LogP contribution in [0.15, 0.2) is 36.5 Å². The van der Waals surface area contributed by atoms with Gasteiger partial charge in [0.15, 0.2) is 0 Å². The number of hydrogen-bond donors (Lipinski definition) is 1. The highest BCUT2D eigenvalue weighted by Gasteiger charge is 2.01. The molecule has 0 bridgehead atoms. The van der Waals surface area contributed by atoms with E-state index in [4.69, 9.17) is 0 Å². The molecule has 1 heterocycles. The number of hydrogen-bond acceptors (Lipinski definition) is 2. The number of fused-ring (bicyclic) bond motifs is 1. The zero-order valence-electron chi connectivity index (χ0n) is 7.64. The summed E-state index contributed by atoms with van der Waals surface area (Å²) in [6.45, 7) is 0. The van der Waals surface area contributed by atoms with Crippen LogP contribution < -0.4 is 5.32 Å². The molecule has 1 aromatic carbocycles. The maximum absolute atomic E-state index is 4.31. The summed E-state index contributed by atoms with van der Waals surface area (Å²) in [7, 11) is 5.34. The van der Waals surface area contributed by atoms with E-state index in [0.717, 1.165) is 11.2 Å². The van der Waals surface area contributed by atoms with Gasteiger partial charge in [0.2, 0.25) is 0 Å². The molecule has 4 heteroatoms. The first-order chi connectivity index (χ1) is 6.77. The minimum atomic E-state index is 0.244. The standard InChI is InChI=1S/C10H12N2P2/c13-10(14)12-9-8-4-2-1-3-7(8)5-6-11-9/h1-6,10H,13-14H2,(H,11,12). The van der Waals surface area contributed by atoms with Gasteiger partial charge in [-0.1, -0.05) is 24.3 Å². The molecule has 2 nitrogen and oxygen atoms in total. The van der Waals surface area contributed by atoms with E-state index in [-0.39, 0.29) is 5.52 Å². The molecule has 72 valence electrons. The third-order valence-electron chi connectivity index (χ3n) is 1.98. The van der Waals surface area contributed by atoms with Crippen molar-refractivity contribution in [1.82, 2.24) is 4.98 Å². The summed E-state index contributed by atoms with van der Waals surface area (Å²) in [6.07, 6.45) is 1.82. The second-order valence-electron chi connectivity index (χ2n) is 3.05. The number of nitrogens with one attached hydrogen (secondary N) is 1. The van der Waals surface area contributed by atoms with E-state index in [1.807, 2.05) is 24.4 Å². The molecule has 2 atom stereocenters. The van der Waals surface area contributed by atoms with Crippen molar-refractivity contribution >= 4 is 35.1 Å². The predicted octanol–water partition coefficient (Wildman–Crippen LogP) is 2.68. The van der Waals surface area contributed by atoms with Crippen molar-refractivity contribution in [2.45, 2.75) is 5.52 Å². The van der Waals surface area contributed by atoms with E-state index < -0.39 is 0 Å². The molecule has 0 saturated carbocycles. The zero-order chi connectivity index (χ0) is 9.97. The summed E-state index contributed by atoms with van der Waals surface area (Å²) < 4.78 is 0. The molecular weight excluding hydrogens is 210 g/mol. The molecule has 0 aliphatic rings. The number of rotatable bonds is 2. The molecule has 14 heavy (non-hydrogen) atoms. The molecule has 0 aliphatic heterocycles. The summed E-state index contributed by atoms with van der Waals surface area (Å²) >= 11 is 0. The molecule has 0 spiro atoms.